The van der Waals surface area contributed by atoms with Gasteiger partial charge in [-0.05, 0) is 42.8 Å². The third kappa shape index (κ3) is 4.21. The van der Waals surface area contributed by atoms with Crippen LogP contribution in [-0.4, -0.2) is 19.6 Å². The van der Waals surface area contributed by atoms with Crippen LogP contribution < -0.4 is 14.8 Å². The summed E-state index contributed by atoms with van der Waals surface area (Å²) in [4.78, 5) is 11.8. The second-order valence-corrected chi connectivity index (χ2v) is 4.48. The van der Waals surface area contributed by atoms with Crippen molar-refractivity contribution in [3.05, 3.63) is 53.8 Å². The summed E-state index contributed by atoms with van der Waals surface area (Å²) in [5, 5.41) is 2.69. The van der Waals surface area contributed by atoms with Crippen LogP contribution in [0.15, 0.2) is 42.5 Å². The van der Waals surface area contributed by atoms with Crippen molar-refractivity contribution in [3.63, 3.8) is 0 Å². The van der Waals surface area contributed by atoms with Crippen LogP contribution in [0.5, 0.6) is 11.5 Å². The molecule has 4 nitrogen and oxygen atoms in total. The van der Waals surface area contributed by atoms with E-state index < -0.39 is 0 Å². The van der Waals surface area contributed by atoms with Crippen molar-refractivity contribution in [2.75, 3.05) is 19.0 Å². The summed E-state index contributed by atoms with van der Waals surface area (Å²) in [7, 11) is 1.56. The predicted molar refractivity (Wildman–Crippen MR) is 78.3 cm³/mol. The van der Waals surface area contributed by atoms with Gasteiger partial charge in [-0.1, -0.05) is 6.07 Å². The SMILES string of the molecule is COc1cccc(NC(=O)COc2ccc(F)c(C)c2)c1. The van der Waals surface area contributed by atoms with Crippen LogP contribution in [0.3, 0.4) is 0 Å². The van der Waals surface area contributed by atoms with Crippen molar-refractivity contribution in [2.24, 2.45) is 0 Å². The van der Waals surface area contributed by atoms with E-state index >= 15 is 0 Å². The molecule has 0 heterocycles. The van der Waals surface area contributed by atoms with Gasteiger partial charge in [-0.25, -0.2) is 4.39 Å². The molecule has 0 bridgehead atoms. The molecule has 2 rings (SSSR count). The first-order valence-corrected chi connectivity index (χ1v) is 6.41. The largest absolute Gasteiger partial charge is 0.497 e. The van der Waals surface area contributed by atoms with Crippen molar-refractivity contribution in [1.82, 2.24) is 0 Å². The van der Waals surface area contributed by atoms with Gasteiger partial charge in [-0.2, -0.15) is 0 Å². The summed E-state index contributed by atoms with van der Waals surface area (Å²) in [6.45, 7) is 1.49. The molecule has 0 radical (unpaired) electrons. The van der Waals surface area contributed by atoms with Crippen LogP contribution in [-0.2, 0) is 4.79 Å². The van der Waals surface area contributed by atoms with Gasteiger partial charge in [0.25, 0.3) is 5.91 Å². The molecule has 0 saturated carbocycles. The Labute approximate surface area is 122 Å². The Morgan fingerprint density at radius 3 is 2.71 bits per heavy atom. The van der Waals surface area contributed by atoms with Crippen LogP contribution in [0, 0.1) is 12.7 Å². The van der Waals surface area contributed by atoms with E-state index in [2.05, 4.69) is 5.32 Å². The lowest BCUT2D eigenvalue weighted by Crippen LogP contribution is -2.20. The molecule has 0 saturated heterocycles. The highest BCUT2D eigenvalue weighted by Gasteiger charge is 2.06. The quantitative estimate of drug-likeness (QED) is 0.919. The zero-order valence-electron chi connectivity index (χ0n) is 11.9. The number of methoxy groups -OCH3 is 1. The Morgan fingerprint density at radius 2 is 2.00 bits per heavy atom. The Bertz CT molecular complexity index is 643. The van der Waals surface area contributed by atoms with E-state index in [-0.39, 0.29) is 18.3 Å². The number of carbonyl (C=O) groups excluding carboxylic acids is 1. The highest BCUT2D eigenvalue weighted by molar-refractivity contribution is 5.92. The van der Waals surface area contributed by atoms with Crippen LogP contribution in [0.4, 0.5) is 10.1 Å². The molecule has 0 aliphatic rings. The van der Waals surface area contributed by atoms with Gasteiger partial charge < -0.3 is 14.8 Å². The lowest BCUT2D eigenvalue weighted by atomic mass is 10.2. The number of aryl methyl sites for hydroxylation is 1. The molecular weight excluding hydrogens is 273 g/mol. The predicted octanol–water partition coefficient (Wildman–Crippen LogP) is 3.16. The number of anilines is 1. The molecule has 5 heteroatoms. The normalized spacial score (nSPS) is 10.0. The van der Waals surface area contributed by atoms with Crippen molar-refractivity contribution >= 4 is 11.6 Å². The Kier molecular flexibility index (Phi) is 4.77. The minimum absolute atomic E-state index is 0.151. The Hall–Kier alpha value is -2.56. The smallest absolute Gasteiger partial charge is 0.262 e. The first-order valence-electron chi connectivity index (χ1n) is 6.41. The van der Waals surface area contributed by atoms with Gasteiger partial charge in [-0.3, -0.25) is 4.79 Å². The van der Waals surface area contributed by atoms with E-state index in [1.54, 1.807) is 44.4 Å². The van der Waals surface area contributed by atoms with Gasteiger partial charge in [0.1, 0.15) is 17.3 Å². The van der Waals surface area contributed by atoms with E-state index in [4.69, 9.17) is 9.47 Å². The average Bonchev–Trinajstić information content (AvgIpc) is 2.48. The topological polar surface area (TPSA) is 47.6 Å². The van der Waals surface area contributed by atoms with Crippen LogP contribution in [0.1, 0.15) is 5.56 Å². The van der Waals surface area contributed by atoms with Crippen LogP contribution >= 0.6 is 0 Å². The maximum Gasteiger partial charge on any atom is 0.262 e. The molecule has 0 aromatic heterocycles. The summed E-state index contributed by atoms with van der Waals surface area (Å²) in [5.74, 6) is 0.506. The number of benzene rings is 2. The number of amides is 1. The fourth-order valence-electron chi connectivity index (χ4n) is 1.75. The number of hydrogen-bond donors (Lipinski definition) is 1. The molecule has 1 N–H and O–H groups in total. The minimum Gasteiger partial charge on any atom is -0.497 e. The van der Waals surface area contributed by atoms with Gasteiger partial charge in [0, 0.05) is 11.8 Å². The lowest BCUT2D eigenvalue weighted by molar-refractivity contribution is -0.118. The summed E-state index contributed by atoms with van der Waals surface area (Å²) in [6.07, 6.45) is 0. The summed E-state index contributed by atoms with van der Waals surface area (Å²) in [6, 6.07) is 11.4. The molecule has 0 spiro atoms. The third-order valence-electron chi connectivity index (χ3n) is 2.85. The lowest BCUT2D eigenvalue weighted by Gasteiger charge is -2.09. The van der Waals surface area contributed by atoms with Gasteiger partial charge in [0.05, 0.1) is 7.11 Å². The molecule has 2 aromatic rings. The molecule has 0 unspecified atom stereocenters. The van der Waals surface area contributed by atoms with Gasteiger partial charge in [-0.15, -0.1) is 0 Å². The second-order valence-electron chi connectivity index (χ2n) is 4.48. The fourth-order valence-corrected chi connectivity index (χ4v) is 1.75. The van der Waals surface area contributed by atoms with E-state index in [1.165, 1.54) is 12.1 Å². The van der Waals surface area contributed by atoms with Crippen molar-refractivity contribution in [1.29, 1.82) is 0 Å². The maximum absolute atomic E-state index is 13.1. The summed E-state index contributed by atoms with van der Waals surface area (Å²) >= 11 is 0. The number of nitrogens with one attached hydrogen (secondary N) is 1. The molecule has 21 heavy (non-hydrogen) atoms. The third-order valence-corrected chi connectivity index (χ3v) is 2.85. The Balaban J connectivity index is 1.90. The van der Waals surface area contributed by atoms with E-state index in [1.807, 2.05) is 0 Å². The van der Waals surface area contributed by atoms with Gasteiger partial charge in [0.2, 0.25) is 0 Å². The van der Waals surface area contributed by atoms with Gasteiger partial charge >= 0.3 is 0 Å². The first-order chi connectivity index (χ1) is 10.1. The molecule has 2 aromatic carbocycles. The van der Waals surface area contributed by atoms with Crippen molar-refractivity contribution in [3.8, 4) is 11.5 Å². The number of ether oxygens (including phenoxy) is 2. The molecule has 0 aliphatic carbocycles. The zero-order chi connectivity index (χ0) is 15.2. The summed E-state index contributed by atoms with van der Waals surface area (Å²) in [5.41, 5.74) is 1.10. The molecule has 0 aliphatic heterocycles. The molecular formula is C16H16FNO3. The number of carbonyl (C=O) groups is 1. The average molecular weight is 289 g/mol. The number of rotatable bonds is 5. The first kappa shape index (κ1) is 14.8. The van der Waals surface area contributed by atoms with Gasteiger partial charge in [0.15, 0.2) is 6.61 Å². The standard InChI is InChI=1S/C16H16FNO3/c1-11-8-14(6-7-15(11)17)21-10-16(19)18-12-4-3-5-13(9-12)20-2/h3-9H,10H2,1-2H3,(H,18,19). The van der Waals surface area contributed by atoms with E-state index in [0.717, 1.165) is 0 Å². The highest BCUT2D eigenvalue weighted by Crippen LogP contribution is 2.18. The zero-order valence-corrected chi connectivity index (χ0v) is 11.9. The monoisotopic (exact) mass is 289 g/mol. The number of hydrogen-bond acceptors (Lipinski definition) is 3. The molecule has 1 amide bonds. The molecule has 110 valence electrons. The van der Waals surface area contributed by atoms with Crippen LogP contribution in [0.2, 0.25) is 0 Å². The fraction of sp³-hybridized carbons (Fsp3) is 0.188. The summed E-state index contributed by atoms with van der Waals surface area (Å²) < 4.78 is 23.5. The molecule has 0 fully saturated rings. The van der Waals surface area contributed by atoms with Crippen molar-refractivity contribution < 1.29 is 18.7 Å². The highest BCUT2D eigenvalue weighted by atomic mass is 19.1. The van der Waals surface area contributed by atoms with Crippen molar-refractivity contribution in [2.45, 2.75) is 6.92 Å². The maximum atomic E-state index is 13.1. The number of halogens is 1. The van der Waals surface area contributed by atoms with Crippen LogP contribution in [0.25, 0.3) is 0 Å². The minimum atomic E-state index is -0.303. The molecule has 0 atom stereocenters. The Morgan fingerprint density at radius 1 is 1.19 bits per heavy atom. The second kappa shape index (κ2) is 6.74. The van der Waals surface area contributed by atoms with E-state index in [0.29, 0.717) is 22.7 Å². The van der Waals surface area contributed by atoms with E-state index in [9.17, 15) is 9.18 Å².